The molecule has 0 aliphatic carbocycles. The van der Waals surface area contributed by atoms with E-state index in [9.17, 15) is 18.0 Å². The Balaban J connectivity index is 2.23. The lowest BCUT2D eigenvalue weighted by molar-refractivity contribution is 0.0600. The van der Waals surface area contributed by atoms with Gasteiger partial charge in [-0.3, -0.25) is 4.79 Å². The van der Waals surface area contributed by atoms with Gasteiger partial charge in [0.15, 0.2) is 11.5 Å². The third kappa shape index (κ3) is 4.12. The lowest BCUT2D eigenvalue weighted by Gasteiger charge is -2.11. The Labute approximate surface area is 150 Å². The highest BCUT2D eigenvalue weighted by atomic mass is 32.2. The topological polar surface area (TPSA) is 108 Å². The lowest BCUT2D eigenvalue weighted by Crippen LogP contribution is -2.30. The summed E-state index contributed by atoms with van der Waals surface area (Å²) in [6.45, 7) is 0. The summed E-state index contributed by atoms with van der Waals surface area (Å²) in [5.74, 6) is -0.826. The van der Waals surface area contributed by atoms with E-state index in [4.69, 9.17) is 9.47 Å². The lowest BCUT2D eigenvalue weighted by atomic mass is 10.1. The van der Waals surface area contributed by atoms with Crippen LogP contribution in [0.1, 0.15) is 20.7 Å². The standard InChI is InChI=1S/C17H17NO7S/c1-23-14-9-8-13(10-15(14)24-2)26(21,22)18-16(19)11-4-6-12(7-5-11)17(20)25-3/h4-10H,1-3H3,(H,18,19). The Morgan fingerprint density at radius 3 is 1.96 bits per heavy atom. The van der Waals surface area contributed by atoms with Crippen molar-refractivity contribution in [3.05, 3.63) is 53.6 Å². The summed E-state index contributed by atoms with van der Waals surface area (Å²) in [6.07, 6.45) is 0. The van der Waals surface area contributed by atoms with Gasteiger partial charge in [-0.05, 0) is 36.4 Å². The molecule has 0 bridgehead atoms. The summed E-state index contributed by atoms with van der Waals surface area (Å²) >= 11 is 0. The predicted molar refractivity (Wildman–Crippen MR) is 92.0 cm³/mol. The largest absolute Gasteiger partial charge is 0.493 e. The maximum absolute atomic E-state index is 12.4. The van der Waals surface area contributed by atoms with Crippen LogP contribution in [0.4, 0.5) is 0 Å². The van der Waals surface area contributed by atoms with Crippen LogP contribution < -0.4 is 14.2 Å². The van der Waals surface area contributed by atoms with Crippen LogP contribution in [-0.4, -0.2) is 41.6 Å². The van der Waals surface area contributed by atoms with Crippen LogP contribution in [0, 0.1) is 0 Å². The van der Waals surface area contributed by atoms with Crippen molar-refractivity contribution in [2.75, 3.05) is 21.3 Å². The number of amides is 1. The van der Waals surface area contributed by atoms with Gasteiger partial charge in [-0.15, -0.1) is 0 Å². The van der Waals surface area contributed by atoms with Gasteiger partial charge >= 0.3 is 5.97 Å². The number of carbonyl (C=O) groups excluding carboxylic acids is 2. The summed E-state index contributed by atoms with van der Waals surface area (Å²) < 4.78 is 41.4. The summed E-state index contributed by atoms with van der Waals surface area (Å²) in [6, 6.07) is 9.33. The van der Waals surface area contributed by atoms with Crippen molar-refractivity contribution in [3.63, 3.8) is 0 Å². The molecule has 0 saturated carbocycles. The number of hydrogen-bond donors (Lipinski definition) is 1. The van der Waals surface area contributed by atoms with Crippen LogP contribution in [0.5, 0.6) is 11.5 Å². The molecule has 1 amide bonds. The molecule has 0 aliphatic rings. The van der Waals surface area contributed by atoms with E-state index in [1.54, 1.807) is 0 Å². The molecule has 0 heterocycles. The third-order valence-electron chi connectivity index (χ3n) is 3.46. The van der Waals surface area contributed by atoms with E-state index in [0.717, 1.165) is 0 Å². The highest BCUT2D eigenvalue weighted by Crippen LogP contribution is 2.29. The number of benzene rings is 2. The van der Waals surface area contributed by atoms with Crippen molar-refractivity contribution in [1.82, 2.24) is 4.72 Å². The van der Waals surface area contributed by atoms with Crippen LogP contribution in [0.3, 0.4) is 0 Å². The molecule has 0 radical (unpaired) electrons. The van der Waals surface area contributed by atoms with Gasteiger partial charge in [-0.25, -0.2) is 17.9 Å². The number of rotatable bonds is 6. The molecule has 26 heavy (non-hydrogen) atoms. The summed E-state index contributed by atoms with van der Waals surface area (Å²) in [4.78, 5) is 23.4. The zero-order valence-corrected chi connectivity index (χ0v) is 15.1. The van der Waals surface area contributed by atoms with Gasteiger partial charge in [0, 0.05) is 11.6 Å². The summed E-state index contributed by atoms with van der Waals surface area (Å²) in [5.41, 5.74) is 0.313. The number of carbonyl (C=O) groups is 2. The average molecular weight is 379 g/mol. The third-order valence-corrected chi connectivity index (χ3v) is 4.79. The van der Waals surface area contributed by atoms with Crippen molar-refractivity contribution in [1.29, 1.82) is 0 Å². The van der Waals surface area contributed by atoms with Gasteiger partial charge < -0.3 is 14.2 Å². The van der Waals surface area contributed by atoms with Crippen LogP contribution >= 0.6 is 0 Å². The smallest absolute Gasteiger partial charge is 0.337 e. The highest BCUT2D eigenvalue weighted by molar-refractivity contribution is 7.90. The van der Waals surface area contributed by atoms with E-state index in [0.29, 0.717) is 5.75 Å². The number of hydrogen-bond acceptors (Lipinski definition) is 7. The van der Waals surface area contributed by atoms with E-state index in [1.807, 2.05) is 4.72 Å². The molecule has 0 spiro atoms. The molecule has 9 heteroatoms. The molecular weight excluding hydrogens is 362 g/mol. The molecule has 2 rings (SSSR count). The molecule has 0 unspecified atom stereocenters. The Hall–Kier alpha value is -3.07. The van der Waals surface area contributed by atoms with Gasteiger partial charge in [0.1, 0.15) is 0 Å². The van der Waals surface area contributed by atoms with Crippen molar-refractivity contribution in [3.8, 4) is 11.5 Å². The maximum atomic E-state index is 12.4. The Morgan fingerprint density at radius 2 is 1.42 bits per heavy atom. The molecule has 0 atom stereocenters. The van der Waals surface area contributed by atoms with Gasteiger partial charge in [0.25, 0.3) is 15.9 Å². The quantitative estimate of drug-likeness (QED) is 0.760. The van der Waals surface area contributed by atoms with Crippen LogP contribution in [0.25, 0.3) is 0 Å². The first kappa shape index (κ1) is 19.3. The second kappa shape index (κ2) is 7.87. The van der Waals surface area contributed by atoms with E-state index in [-0.39, 0.29) is 21.8 Å². The fraction of sp³-hybridized carbons (Fsp3) is 0.176. The fourth-order valence-corrected chi connectivity index (χ4v) is 3.09. The average Bonchev–Trinajstić information content (AvgIpc) is 2.66. The maximum Gasteiger partial charge on any atom is 0.337 e. The Morgan fingerprint density at radius 1 is 0.846 bits per heavy atom. The van der Waals surface area contributed by atoms with Gasteiger partial charge in [-0.1, -0.05) is 0 Å². The van der Waals surface area contributed by atoms with Crippen LogP contribution in [0.15, 0.2) is 47.4 Å². The highest BCUT2D eigenvalue weighted by Gasteiger charge is 2.21. The molecular formula is C17H17NO7S. The molecule has 1 N–H and O–H groups in total. The molecule has 0 fully saturated rings. The normalized spacial score (nSPS) is 10.7. The van der Waals surface area contributed by atoms with Gasteiger partial charge in [-0.2, -0.15) is 0 Å². The van der Waals surface area contributed by atoms with Crippen LogP contribution in [0.2, 0.25) is 0 Å². The minimum absolute atomic E-state index is 0.0710. The number of ether oxygens (including phenoxy) is 3. The van der Waals surface area contributed by atoms with Crippen molar-refractivity contribution >= 4 is 21.9 Å². The molecule has 0 aliphatic heterocycles. The molecule has 0 saturated heterocycles. The van der Waals surface area contributed by atoms with Crippen LogP contribution in [-0.2, 0) is 14.8 Å². The van der Waals surface area contributed by atoms with E-state index < -0.39 is 21.9 Å². The van der Waals surface area contributed by atoms with E-state index in [1.165, 1.54) is 63.8 Å². The van der Waals surface area contributed by atoms with Gasteiger partial charge in [0.2, 0.25) is 0 Å². The summed E-state index contributed by atoms with van der Waals surface area (Å²) in [7, 11) is -0.0952. The first-order valence-electron chi connectivity index (χ1n) is 7.30. The SMILES string of the molecule is COC(=O)c1ccc(C(=O)NS(=O)(=O)c2ccc(OC)c(OC)c2)cc1. The fourth-order valence-electron chi connectivity index (χ4n) is 2.10. The van der Waals surface area contributed by atoms with E-state index in [2.05, 4.69) is 4.74 Å². The molecule has 0 aromatic heterocycles. The van der Waals surface area contributed by atoms with Crippen molar-refractivity contribution in [2.45, 2.75) is 4.90 Å². The van der Waals surface area contributed by atoms with Gasteiger partial charge in [0.05, 0.1) is 31.8 Å². The second-order valence-corrected chi connectivity index (χ2v) is 6.70. The first-order valence-corrected chi connectivity index (χ1v) is 8.78. The minimum Gasteiger partial charge on any atom is -0.493 e. The molecule has 138 valence electrons. The monoisotopic (exact) mass is 379 g/mol. The van der Waals surface area contributed by atoms with Crippen molar-refractivity contribution < 1.29 is 32.2 Å². The Kier molecular flexibility index (Phi) is 5.83. The number of sulfonamides is 1. The summed E-state index contributed by atoms with van der Waals surface area (Å²) in [5, 5.41) is 0. The minimum atomic E-state index is -4.12. The molecule has 2 aromatic carbocycles. The number of esters is 1. The zero-order chi connectivity index (χ0) is 19.3. The number of nitrogens with one attached hydrogen (secondary N) is 1. The van der Waals surface area contributed by atoms with E-state index >= 15 is 0 Å². The first-order chi connectivity index (χ1) is 12.3. The second-order valence-electron chi connectivity index (χ2n) is 5.02. The zero-order valence-electron chi connectivity index (χ0n) is 14.3. The molecule has 2 aromatic rings. The molecule has 8 nitrogen and oxygen atoms in total. The predicted octanol–water partition coefficient (Wildman–Crippen LogP) is 1.61. The Bertz CT molecular complexity index is 921. The number of methoxy groups -OCH3 is 3. The van der Waals surface area contributed by atoms with Crippen molar-refractivity contribution in [2.24, 2.45) is 0 Å².